The molecule has 1 N–H and O–H groups in total. The van der Waals surface area contributed by atoms with E-state index in [1.54, 1.807) is 0 Å². The number of hydrogen-bond acceptors (Lipinski definition) is 3. The molecule has 29 heavy (non-hydrogen) atoms. The van der Waals surface area contributed by atoms with Crippen molar-refractivity contribution in [2.45, 2.75) is 45.6 Å². The minimum atomic E-state index is -0.455. The van der Waals surface area contributed by atoms with Crippen molar-refractivity contribution >= 4 is 34.8 Å². The predicted octanol–water partition coefficient (Wildman–Crippen LogP) is 6.72. The summed E-state index contributed by atoms with van der Waals surface area (Å²) in [6.07, 6.45) is 0.209. The molecule has 0 bridgehead atoms. The second-order valence-corrected chi connectivity index (χ2v) is 8.98. The molecular formula is C23H29Cl3O3. The molecule has 0 aromatic heterocycles. The van der Waals surface area contributed by atoms with E-state index in [4.69, 9.17) is 44.3 Å². The van der Waals surface area contributed by atoms with E-state index < -0.39 is 6.10 Å². The maximum absolute atomic E-state index is 9.64. The van der Waals surface area contributed by atoms with Gasteiger partial charge in [-0.3, -0.25) is 0 Å². The van der Waals surface area contributed by atoms with Crippen LogP contribution in [0, 0.1) is 5.92 Å². The fourth-order valence-corrected chi connectivity index (χ4v) is 3.46. The van der Waals surface area contributed by atoms with E-state index in [2.05, 4.69) is 13.8 Å². The van der Waals surface area contributed by atoms with Crippen molar-refractivity contribution in [3.63, 3.8) is 0 Å². The van der Waals surface area contributed by atoms with Crippen LogP contribution in [0.25, 0.3) is 0 Å². The number of halogens is 3. The number of aliphatic hydroxyl groups excluding tert-OH is 1. The third-order valence-electron chi connectivity index (χ3n) is 4.99. The lowest BCUT2D eigenvalue weighted by molar-refractivity contribution is 0.104. The van der Waals surface area contributed by atoms with Gasteiger partial charge in [-0.05, 0) is 41.8 Å². The molecular weight excluding hydrogens is 431 g/mol. The van der Waals surface area contributed by atoms with E-state index in [-0.39, 0.29) is 17.9 Å². The van der Waals surface area contributed by atoms with Crippen LogP contribution in [0.2, 0.25) is 10.0 Å². The molecule has 2 aromatic carbocycles. The maximum atomic E-state index is 9.64. The highest BCUT2D eigenvalue weighted by molar-refractivity contribution is 6.37. The molecule has 0 saturated carbocycles. The molecule has 0 amide bonds. The fourth-order valence-electron chi connectivity index (χ4n) is 2.77. The zero-order valence-electron chi connectivity index (χ0n) is 17.3. The first-order valence-corrected chi connectivity index (χ1v) is 11.1. The van der Waals surface area contributed by atoms with Crippen molar-refractivity contribution in [2.24, 2.45) is 5.92 Å². The minimum absolute atomic E-state index is 0.207. The van der Waals surface area contributed by atoms with Crippen LogP contribution >= 0.6 is 34.8 Å². The summed E-state index contributed by atoms with van der Waals surface area (Å²) in [5.74, 6) is 1.93. The van der Waals surface area contributed by atoms with Crippen molar-refractivity contribution < 1.29 is 14.6 Å². The van der Waals surface area contributed by atoms with E-state index in [1.165, 1.54) is 0 Å². The van der Waals surface area contributed by atoms with E-state index in [0.717, 1.165) is 16.9 Å². The highest BCUT2D eigenvalue weighted by Gasteiger charge is 2.26. The van der Waals surface area contributed by atoms with Gasteiger partial charge in [-0.25, -0.2) is 0 Å². The Kier molecular flexibility index (Phi) is 8.96. The summed E-state index contributed by atoms with van der Waals surface area (Å²) in [6.45, 7) is 8.89. The summed E-state index contributed by atoms with van der Waals surface area (Å²) in [4.78, 5) is 0. The Bertz CT molecular complexity index is 767. The van der Waals surface area contributed by atoms with E-state index in [9.17, 15) is 5.11 Å². The molecule has 3 nitrogen and oxygen atoms in total. The number of hydrogen-bond donors (Lipinski definition) is 1. The molecule has 2 aromatic rings. The van der Waals surface area contributed by atoms with E-state index in [1.807, 2.05) is 50.2 Å². The van der Waals surface area contributed by atoms with Gasteiger partial charge in [0.2, 0.25) is 0 Å². The second kappa shape index (κ2) is 10.8. The molecule has 2 rings (SSSR count). The average Bonchev–Trinajstić information content (AvgIpc) is 2.71. The van der Waals surface area contributed by atoms with Gasteiger partial charge in [0.15, 0.2) is 5.75 Å². The van der Waals surface area contributed by atoms with Gasteiger partial charge in [0.1, 0.15) is 12.4 Å². The highest BCUT2D eigenvalue weighted by atomic mass is 35.5. The summed E-state index contributed by atoms with van der Waals surface area (Å²) in [7, 11) is 0. The van der Waals surface area contributed by atoms with Crippen LogP contribution in [-0.4, -0.2) is 30.3 Å². The molecule has 0 saturated heterocycles. The fraction of sp³-hybridized carbons (Fsp3) is 0.478. The Morgan fingerprint density at radius 2 is 1.55 bits per heavy atom. The van der Waals surface area contributed by atoms with Gasteiger partial charge in [0.25, 0.3) is 0 Å². The lowest BCUT2D eigenvalue weighted by atomic mass is 9.78. The van der Waals surface area contributed by atoms with Gasteiger partial charge < -0.3 is 14.6 Å². The van der Waals surface area contributed by atoms with Gasteiger partial charge in [-0.2, -0.15) is 0 Å². The van der Waals surface area contributed by atoms with Crippen molar-refractivity contribution in [3.8, 4) is 11.5 Å². The molecule has 0 heterocycles. The monoisotopic (exact) mass is 458 g/mol. The number of aliphatic hydroxyl groups is 1. The standard InChI is InChI=1S/C23H29Cl3O3/c1-5-18(27)14-28-19-8-6-16(7-9-19)23(3,4)17-10-20(25)22(21(26)11-17)29-13-15(2)12-24/h6-11,15,18,27H,5,12-14H2,1-4H3. The summed E-state index contributed by atoms with van der Waals surface area (Å²) in [5.41, 5.74) is 1.76. The van der Waals surface area contributed by atoms with Crippen LogP contribution in [0.15, 0.2) is 36.4 Å². The summed E-state index contributed by atoms with van der Waals surface area (Å²) < 4.78 is 11.4. The van der Waals surface area contributed by atoms with Crippen LogP contribution < -0.4 is 9.47 Å². The third-order valence-corrected chi connectivity index (χ3v) is 6.07. The van der Waals surface area contributed by atoms with Crippen molar-refractivity contribution in [2.75, 3.05) is 19.1 Å². The normalized spacial score (nSPS) is 13.8. The Hall–Kier alpha value is -1.13. The lowest BCUT2D eigenvalue weighted by Gasteiger charge is -2.27. The van der Waals surface area contributed by atoms with Crippen LogP contribution in [-0.2, 0) is 5.41 Å². The molecule has 0 aliphatic rings. The third kappa shape index (κ3) is 6.42. The Morgan fingerprint density at radius 1 is 0.966 bits per heavy atom. The minimum Gasteiger partial charge on any atom is -0.491 e. The molecule has 6 heteroatoms. The molecule has 160 valence electrons. The molecule has 0 fully saturated rings. The number of ether oxygens (including phenoxy) is 2. The summed E-state index contributed by atoms with van der Waals surface area (Å²) in [6, 6.07) is 11.7. The van der Waals surface area contributed by atoms with Gasteiger partial charge in [-0.1, -0.05) is 63.0 Å². The quantitative estimate of drug-likeness (QED) is 0.401. The molecule has 0 radical (unpaired) electrons. The molecule has 0 aliphatic heterocycles. The molecule has 2 unspecified atom stereocenters. The first-order chi connectivity index (χ1) is 13.7. The second-order valence-electron chi connectivity index (χ2n) is 7.86. The van der Waals surface area contributed by atoms with Crippen LogP contribution in [0.5, 0.6) is 11.5 Å². The molecule has 0 aliphatic carbocycles. The summed E-state index contributed by atoms with van der Waals surface area (Å²) >= 11 is 18.8. The zero-order valence-corrected chi connectivity index (χ0v) is 19.6. The summed E-state index contributed by atoms with van der Waals surface area (Å²) in [5, 5.41) is 10.6. The zero-order chi connectivity index (χ0) is 21.6. The van der Waals surface area contributed by atoms with Crippen LogP contribution in [0.3, 0.4) is 0 Å². The number of benzene rings is 2. The maximum Gasteiger partial charge on any atom is 0.156 e. The lowest BCUT2D eigenvalue weighted by Crippen LogP contribution is -2.19. The van der Waals surface area contributed by atoms with E-state index in [0.29, 0.717) is 34.7 Å². The predicted molar refractivity (Wildman–Crippen MR) is 122 cm³/mol. The largest absolute Gasteiger partial charge is 0.491 e. The number of alkyl halides is 1. The first-order valence-electron chi connectivity index (χ1n) is 9.78. The highest BCUT2D eigenvalue weighted by Crippen LogP contribution is 2.40. The molecule has 2 atom stereocenters. The first kappa shape index (κ1) is 24.1. The SMILES string of the molecule is CCC(O)COc1ccc(C(C)(C)c2cc(Cl)c(OCC(C)CCl)c(Cl)c2)cc1. The van der Waals surface area contributed by atoms with Crippen molar-refractivity contribution in [3.05, 3.63) is 57.6 Å². The Balaban J connectivity index is 2.19. The van der Waals surface area contributed by atoms with Gasteiger partial charge >= 0.3 is 0 Å². The van der Waals surface area contributed by atoms with Gasteiger partial charge in [0, 0.05) is 17.2 Å². The average molecular weight is 460 g/mol. The van der Waals surface area contributed by atoms with Crippen LogP contribution in [0.4, 0.5) is 0 Å². The topological polar surface area (TPSA) is 38.7 Å². The van der Waals surface area contributed by atoms with Gasteiger partial charge in [-0.15, -0.1) is 11.6 Å². The number of rotatable bonds is 10. The van der Waals surface area contributed by atoms with Gasteiger partial charge in [0.05, 0.1) is 22.8 Å². The Labute approximate surface area is 188 Å². The van der Waals surface area contributed by atoms with Crippen LogP contribution in [0.1, 0.15) is 45.2 Å². The Morgan fingerprint density at radius 3 is 2.07 bits per heavy atom. The van der Waals surface area contributed by atoms with Crippen molar-refractivity contribution in [1.29, 1.82) is 0 Å². The van der Waals surface area contributed by atoms with E-state index >= 15 is 0 Å². The molecule has 0 spiro atoms. The smallest absolute Gasteiger partial charge is 0.156 e. The van der Waals surface area contributed by atoms with Crippen molar-refractivity contribution in [1.82, 2.24) is 0 Å².